The van der Waals surface area contributed by atoms with Gasteiger partial charge >= 0.3 is 6.18 Å². The van der Waals surface area contributed by atoms with E-state index in [4.69, 9.17) is 0 Å². The molecule has 0 bridgehead atoms. The monoisotopic (exact) mass is 412 g/mol. The molecular formula is C20H27F3N4O2. The molecule has 1 aromatic heterocycles. The summed E-state index contributed by atoms with van der Waals surface area (Å²) in [5.41, 5.74) is -2.42. The zero-order chi connectivity index (χ0) is 21.7. The summed E-state index contributed by atoms with van der Waals surface area (Å²) in [6.07, 6.45) is -3.78. The van der Waals surface area contributed by atoms with Crippen LogP contribution in [0.5, 0.6) is 0 Å². The summed E-state index contributed by atoms with van der Waals surface area (Å²) in [4.78, 5) is 18.1. The molecule has 2 unspecified atom stereocenters. The van der Waals surface area contributed by atoms with Crippen molar-refractivity contribution in [1.82, 2.24) is 19.8 Å². The molecule has 0 spiro atoms. The third kappa shape index (κ3) is 5.16. The summed E-state index contributed by atoms with van der Waals surface area (Å²) in [6, 6.07) is 9.25. The number of carbonyl (C=O) groups is 1. The summed E-state index contributed by atoms with van der Waals surface area (Å²) in [5.74, 6) is -1.52. The maximum Gasteiger partial charge on any atom is 0.425 e. The lowest BCUT2D eigenvalue weighted by Crippen LogP contribution is -2.48. The highest BCUT2D eigenvalue weighted by atomic mass is 19.4. The van der Waals surface area contributed by atoms with Crippen LogP contribution in [0.4, 0.5) is 13.2 Å². The quantitative estimate of drug-likeness (QED) is 0.665. The fourth-order valence-corrected chi connectivity index (χ4v) is 3.37. The minimum atomic E-state index is -5.05. The molecule has 6 nitrogen and oxygen atoms in total. The minimum Gasteiger partial charge on any atom is -0.374 e. The number of likely N-dealkylation sites (N-methyl/N-ethyl adjacent to an activating group) is 1. The van der Waals surface area contributed by atoms with Crippen molar-refractivity contribution in [3.05, 3.63) is 54.1 Å². The van der Waals surface area contributed by atoms with E-state index in [0.717, 1.165) is 16.3 Å². The standard InChI is InChI=1S/C20H27F3N4O2/c1-4-27(5-2)16(15-9-7-6-8-10-15)14-25-17(28)13-19(29,20(21,22)23)18-24-11-12-26(18)3/h6-12,16,29H,4-5,13-14H2,1-3H3,(H,25,28). The Kier molecular flexibility index (Phi) is 7.43. The van der Waals surface area contributed by atoms with Crippen LogP contribution < -0.4 is 5.32 Å². The second-order valence-corrected chi connectivity index (χ2v) is 6.85. The van der Waals surface area contributed by atoms with Crippen molar-refractivity contribution in [3.63, 3.8) is 0 Å². The molecule has 2 N–H and O–H groups in total. The number of alkyl halides is 3. The smallest absolute Gasteiger partial charge is 0.374 e. The van der Waals surface area contributed by atoms with Gasteiger partial charge in [0.2, 0.25) is 11.5 Å². The van der Waals surface area contributed by atoms with Gasteiger partial charge in [0.25, 0.3) is 0 Å². The van der Waals surface area contributed by atoms with Gasteiger partial charge in [0.05, 0.1) is 12.5 Å². The Morgan fingerprint density at radius 2 is 1.86 bits per heavy atom. The van der Waals surface area contributed by atoms with E-state index in [1.54, 1.807) is 0 Å². The summed E-state index contributed by atoms with van der Waals surface area (Å²) in [5, 5.41) is 12.9. The van der Waals surface area contributed by atoms with Crippen LogP contribution in [0.2, 0.25) is 0 Å². The van der Waals surface area contributed by atoms with Crippen LogP contribution in [0, 0.1) is 0 Å². The molecule has 0 aliphatic heterocycles. The number of carbonyl (C=O) groups excluding carboxylic acids is 1. The van der Waals surface area contributed by atoms with Crippen molar-refractivity contribution >= 4 is 5.91 Å². The molecule has 2 atom stereocenters. The van der Waals surface area contributed by atoms with Gasteiger partial charge in [-0.15, -0.1) is 0 Å². The molecule has 29 heavy (non-hydrogen) atoms. The lowest BCUT2D eigenvalue weighted by Gasteiger charge is -2.32. The van der Waals surface area contributed by atoms with Crippen LogP contribution in [-0.4, -0.2) is 51.3 Å². The highest BCUT2D eigenvalue weighted by Gasteiger charge is 2.58. The van der Waals surface area contributed by atoms with E-state index in [2.05, 4.69) is 15.2 Å². The number of amides is 1. The number of imidazole rings is 1. The Balaban J connectivity index is 2.18. The van der Waals surface area contributed by atoms with Gasteiger partial charge in [-0.3, -0.25) is 9.69 Å². The summed E-state index contributed by atoms with van der Waals surface area (Å²) in [7, 11) is 1.34. The van der Waals surface area contributed by atoms with Crippen LogP contribution in [0.1, 0.15) is 37.7 Å². The molecular weight excluding hydrogens is 385 g/mol. The maximum absolute atomic E-state index is 13.6. The van der Waals surface area contributed by atoms with Gasteiger partial charge in [-0.25, -0.2) is 4.98 Å². The second kappa shape index (κ2) is 9.41. The fraction of sp³-hybridized carbons (Fsp3) is 0.500. The van der Waals surface area contributed by atoms with Gasteiger partial charge in [-0.2, -0.15) is 13.2 Å². The molecule has 1 aromatic carbocycles. The van der Waals surface area contributed by atoms with E-state index in [-0.39, 0.29) is 12.6 Å². The van der Waals surface area contributed by atoms with Crippen LogP contribution in [0.3, 0.4) is 0 Å². The van der Waals surface area contributed by atoms with Crippen molar-refractivity contribution < 1.29 is 23.1 Å². The number of aliphatic hydroxyl groups is 1. The third-order valence-electron chi connectivity index (χ3n) is 5.01. The molecule has 1 heterocycles. The molecule has 0 fully saturated rings. The largest absolute Gasteiger partial charge is 0.425 e. The van der Waals surface area contributed by atoms with Gasteiger partial charge in [0.1, 0.15) is 0 Å². The number of nitrogens with zero attached hydrogens (tertiary/aromatic N) is 3. The van der Waals surface area contributed by atoms with Crippen molar-refractivity contribution in [3.8, 4) is 0 Å². The third-order valence-corrected chi connectivity index (χ3v) is 5.01. The number of hydrogen-bond donors (Lipinski definition) is 2. The number of nitrogens with one attached hydrogen (secondary N) is 1. The predicted molar refractivity (Wildman–Crippen MR) is 103 cm³/mol. The molecule has 2 aromatic rings. The van der Waals surface area contributed by atoms with Crippen molar-refractivity contribution in [2.45, 2.75) is 38.1 Å². The Morgan fingerprint density at radius 1 is 1.24 bits per heavy atom. The molecule has 2 rings (SSSR count). The van der Waals surface area contributed by atoms with Gasteiger partial charge in [0, 0.05) is 26.0 Å². The van der Waals surface area contributed by atoms with Crippen molar-refractivity contribution in [2.75, 3.05) is 19.6 Å². The average Bonchev–Trinajstić information content (AvgIpc) is 3.11. The van der Waals surface area contributed by atoms with Crippen LogP contribution >= 0.6 is 0 Å². The zero-order valence-electron chi connectivity index (χ0n) is 16.8. The molecule has 0 saturated carbocycles. The normalized spacial score (nSPS) is 15.2. The molecule has 0 aliphatic carbocycles. The van der Waals surface area contributed by atoms with E-state index in [0.29, 0.717) is 13.1 Å². The number of rotatable bonds is 9. The van der Waals surface area contributed by atoms with Crippen LogP contribution in [0.25, 0.3) is 0 Å². The number of aromatic nitrogens is 2. The first-order valence-electron chi connectivity index (χ1n) is 9.46. The topological polar surface area (TPSA) is 70.4 Å². The van der Waals surface area contributed by atoms with Gasteiger partial charge in [0.15, 0.2) is 5.82 Å². The molecule has 1 amide bonds. The average molecular weight is 412 g/mol. The fourth-order valence-electron chi connectivity index (χ4n) is 3.37. The molecule has 0 saturated heterocycles. The number of hydrogen-bond acceptors (Lipinski definition) is 4. The predicted octanol–water partition coefficient (Wildman–Crippen LogP) is 2.76. The summed E-state index contributed by atoms with van der Waals surface area (Å²) < 4.78 is 41.9. The van der Waals surface area contributed by atoms with Crippen molar-refractivity contribution in [2.24, 2.45) is 7.05 Å². The van der Waals surface area contributed by atoms with Gasteiger partial charge in [-0.05, 0) is 18.7 Å². The van der Waals surface area contributed by atoms with Gasteiger partial charge in [-0.1, -0.05) is 44.2 Å². The SMILES string of the molecule is CCN(CC)C(CNC(=O)CC(O)(c1nccn1C)C(F)(F)F)c1ccccc1. The first kappa shape index (κ1) is 22.9. The summed E-state index contributed by atoms with van der Waals surface area (Å²) in [6.45, 7) is 5.51. The number of halogens is 3. The van der Waals surface area contributed by atoms with E-state index < -0.39 is 29.9 Å². The van der Waals surface area contributed by atoms with Crippen LogP contribution in [0.15, 0.2) is 42.7 Å². The molecule has 0 aliphatic rings. The Hall–Kier alpha value is -2.39. The highest BCUT2D eigenvalue weighted by molar-refractivity contribution is 5.77. The van der Waals surface area contributed by atoms with E-state index in [1.807, 2.05) is 44.2 Å². The van der Waals surface area contributed by atoms with Crippen molar-refractivity contribution in [1.29, 1.82) is 0 Å². The lowest BCUT2D eigenvalue weighted by molar-refractivity contribution is -0.271. The lowest BCUT2D eigenvalue weighted by atomic mass is 9.97. The first-order valence-corrected chi connectivity index (χ1v) is 9.46. The van der Waals surface area contributed by atoms with E-state index >= 15 is 0 Å². The second-order valence-electron chi connectivity index (χ2n) is 6.85. The Morgan fingerprint density at radius 3 is 2.34 bits per heavy atom. The van der Waals surface area contributed by atoms with Gasteiger partial charge < -0.3 is 15.0 Å². The molecule has 160 valence electrons. The summed E-state index contributed by atoms with van der Waals surface area (Å²) >= 11 is 0. The van der Waals surface area contributed by atoms with E-state index in [9.17, 15) is 23.1 Å². The Labute approximate surface area is 168 Å². The van der Waals surface area contributed by atoms with E-state index in [1.165, 1.54) is 13.2 Å². The van der Waals surface area contributed by atoms with Crippen LogP contribution in [-0.2, 0) is 17.4 Å². The molecule has 0 radical (unpaired) electrons. The number of benzene rings is 1. The first-order chi connectivity index (χ1) is 13.6. The number of aryl methyl sites for hydroxylation is 1. The highest BCUT2D eigenvalue weighted by Crippen LogP contribution is 2.40. The zero-order valence-corrected chi connectivity index (χ0v) is 16.8. The Bertz CT molecular complexity index is 791. The maximum atomic E-state index is 13.6. The molecule has 9 heteroatoms. The minimum absolute atomic E-state index is 0.124.